The summed E-state index contributed by atoms with van der Waals surface area (Å²) >= 11 is 6.42. The van der Waals surface area contributed by atoms with Crippen LogP contribution in [0.5, 0.6) is 0 Å². The first-order valence-corrected chi connectivity index (χ1v) is 8.64. The van der Waals surface area contributed by atoms with Gasteiger partial charge < -0.3 is 10.4 Å². The number of aryl methyl sites for hydroxylation is 2. The van der Waals surface area contributed by atoms with Gasteiger partial charge in [0.1, 0.15) is 0 Å². The minimum atomic E-state index is 0.319. The molecule has 2 rings (SSSR count). The molecule has 0 aromatic carbocycles. The van der Waals surface area contributed by atoms with Gasteiger partial charge in [-0.05, 0) is 44.6 Å². The average Bonchev–Trinajstić information content (AvgIpc) is 2.83. The molecule has 120 valence electrons. The molecule has 1 aliphatic carbocycles. The highest BCUT2D eigenvalue weighted by atomic mass is 35.5. The average molecular weight is 314 g/mol. The van der Waals surface area contributed by atoms with E-state index in [1.54, 1.807) is 0 Å². The lowest BCUT2D eigenvalue weighted by atomic mass is 9.79. The van der Waals surface area contributed by atoms with Crippen molar-refractivity contribution in [1.29, 1.82) is 0 Å². The van der Waals surface area contributed by atoms with Gasteiger partial charge in [0.25, 0.3) is 0 Å². The fourth-order valence-corrected chi connectivity index (χ4v) is 3.69. The Morgan fingerprint density at radius 2 is 2.00 bits per heavy atom. The van der Waals surface area contributed by atoms with E-state index in [0.717, 1.165) is 48.9 Å². The summed E-state index contributed by atoms with van der Waals surface area (Å²) < 4.78 is 2.00. The molecule has 1 heterocycles. The Labute approximate surface area is 132 Å². The Kier molecular flexibility index (Phi) is 6.52. The van der Waals surface area contributed by atoms with Crippen LogP contribution in [-0.4, -0.2) is 28.0 Å². The van der Waals surface area contributed by atoms with Crippen LogP contribution in [0.3, 0.4) is 0 Å². The highest BCUT2D eigenvalue weighted by molar-refractivity contribution is 6.31. The van der Waals surface area contributed by atoms with Crippen molar-refractivity contribution in [2.45, 2.75) is 59.0 Å². The molecule has 0 aliphatic heterocycles. The molecule has 0 spiro atoms. The molecular formula is C16H28ClN3O. The van der Waals surface area contributed by atoms with E-state index in [0.29, 0.717) is 18.4 Å². The molecule has 5 heteroatoms. The van der Waals surface area contributed by atoms with Gasteiger partial charge in [-0.25, -0.2) is 0 Å². The van der Waals surface area contributed by atoms with E-state index < -0.39 is 0 Å². The van der Waals surface area contributed by atoms with Crippen molar-refractivity contribution in [2.75, 3.05) is 13.2 Å². The van der Waals surface area contributed by atoms with E-state index in [2.05, 4.69) is 24.3 Å². The van der Waals surface area contributed by atoms with Crippen molar-refractivity contribution in [1.82, 2.24) is 15.1 Å². The molecule has 21 heavy (non-hydrogen) atoms. The predicted octanol–water partition coefficient (Wildman–Crippen LogP) is 3.01. The molecule has 1 saturated carbocycles. The highest BCUT2D eigenvalue weighted by Gasteiger charge is 2.24. The van der Waals surface area contributed by atoms with Gasteiger partial charge >= 0.3 is 0 Å². The van der Waals surface area contributed by atoms with E-state index in [1.807, 2.05) is 4.68 Å². The largest absolute Gasteiger partial charge is 0.396 e. The zero-order valence-electron chi connectivity index (χ0n) is 13.2. The summed E-state index contributed by atoms with van der Waals surface area (Å²) in [4.78, 5) is 0. The van der Waals surface area contributed by atoms with Gasteiger partial charge in [0.2, 0.25) is 0 Å². The molecule has 2 atom stereocenters. The maximum Gasteiger partial charge on any atom is 0.0863 e. The van der Waals surface area contributed by atoms with Gasteiger partial charge in [-0.3, -0.25) is 4.68 Å². The molecule has 4 nitrogen and oxygen atoms in total. The van der Waals surface area contributed by atoms with Crippen LogP contribution in [0.4, 0.5) is 0 Å². The van der Waals surface area contributed by atoms with Gasteiger partial charge in [-0.1, -0.05) is 31.4 Å². The molecule has 1 aromatic heterocycles. The minimum absolute atomic E-state index is 0.319. The van der Waals surface area contributed by atoms with Crippen LogP contribution >= 0.6 is 11.6 Å². The van der Waals surface area contributed by atoms with Gasteiger partial charge in [0.05, 0.1) is 16.4 Å². The van der Waals surface area contributed by atoms with E-state index in [-0.39, 0.29) is 0 Å². The lowest BCUT2D eigenvalue weighted by Crippen LogP contribution is -2.32. The fraction of sp³-hybridized carbons (Fsp3) is 0.812. The summed E-state index contributed by atoms with van der Waals surface area (Å²) in [5.41, 5.74) is 2.08. The van der Waals surface area contributed by atoms with Crippen molar-refractivity contribution in [3.8, 4) is 0 Å². The number of halogens is 1. The van der Waals surface area contributed by atoms with Crippen LogP contribution in [0, 0.1) is 11.8 Å². The van der Waals surface area contributed by atoms with Gasteiger partial charge in [-0.15, -0.1) is 0 Å². The lowest BCUT2D eigenvalue weighted by molar-refractivity contribution is 0.133. The second kappa shape index (κ2) is 8.16. The Morgan fingerprint density at radius 1 is 1.29 bits per heavy atom. The summed E-state index contributed by atoms with van der Waals surface area (Å²) in [6, 6.07) is 0. The normalized spacial score (nSPS) is 22.7. The number of nitrogens with zero attached hydrogens (tertiary/aromatic N) is 2. The smallest absolute Gasteiger partial charge is 0.0863 e. The molecule has 1 aliphatic rings. The van der Waals surface area contributed by atoms with Crippen molar-refractivity contribution in [3.05, 3.63) is 16.4 Å². The first kappa shape index (κ1) is 16.8. The second-order valence-electron chi connectivity index (χ2n) is 5.99. The van der Waals surface area contributed by atoms with E-state index >= 15 is 0 Å². The highest BCUT2D eigenvalue weighted by Crippen LogP contribution is 2.29. The van der Waals surface area contributed by atoms with Crippen LogP contribution in [-0.2, 0) is 19.5 Å². The molecule has 0 bridgehead atoms. The Morgan fingerprint density at radius 3 is 2.62 bits per heavy atom. The lowest BCUT2D eigenvalue weighted by Gasteiger charge is -2.30. The Balaban J connectivity index is 1.92. The summed E-state index contributed by atoms with van der Waals surface area (Å²) in [7, 11) is 0. The standard InChI is InChI=1S/C16H28ClN3O/c1-3-14-16(17)15(20(4-2)19-14)10-18-9-12-7-5-6-8-13(12)11-21/h12-13,18,21H,3-11H2,1-2H3. The maximum atomic E-state index is 9.48. The SMILES string of the molecule is CCc1nn(CC)c(CNCC2CCCCC2CO)c1Cl. The fourth-order valence-electron chi connectivity index (χ4n) is 3.36. The maximum absolute atomic E-state index is 9.48. The van der Waals surface area contributed by atoms with E-state index in [4.69, 9.17) is 11.6 Å². The molecule has 2 N–H and O–H groups in total. The zero-order valence-corrected chi connectivity index (χ0v) is 14.0. The van der Waals surface area contributed by atoms with Crippen LogP contribution in [0.2, 0.25) is 5.02 Å². The first-order valence-electron chi connectivity index (χ1n) is 8.26. The summed E-state index contributed by atoms with van der Waals surface area (Å²) in [5.74, 6) is 1.05. The number of hydrogen-bond acceptors (Lipinski definition) is 3. The molecule has 0 amide bonds. The molecule has 0 saturated heterocycles. The third-order valence-corrected chi connectivity index (χ3v) is 5.13. The summed E-state index contributed by atoms with van der Waals surface area (Å²) in [6.07, 6.45) is 5.80. The van der Waals surface area contributed by atoms with E-state index in [9.17, 15) is 5.11 Å². The monoisotopic (exact) mass is 313 g/mol. The van der Waals surface area contributed by atoms with Crippen LogP contribution in [0.25, 0.3) is 0 Å². The Hall–Kier alpha value is -0.580. The van der Waals surface area contributed by atoms with Crippen molar-refractivity contribution in [3.63, 3.8) is 0 Å². The van der Waals surface area contributed by atoms with E-state index in [1.165, 1.54) is 19.3 Å². The van der Waals surface area contributed by atoms with Gasteiger partial charge in [0.15, 0.2) is 0 Å². The molecule has 0 radical (unpaired) electrons. The third-order valence-electron chi connectivity index (χ3n) is 4.69. The first-order chi connectivity index (χ1) is 10.2. The molecular weight excluding hydrogens is 286 g/mol. The van der Waals surface area contributed by atoms with Crippen LogP contribution in [0.15, 0.2) is 0 Å². The number of aliphatic hydroxyl groups is 1. The van der Waals surface area contributed by atoms with Crippen LogP contribution in [0.1, 0.15) is 50.9 Å². The number of aliphatic hydroxyl groups excluding tert-OH is 1. The predicted molar refractivity (Wildman–Crippen MR) is 86.5 cm³/mol. The molecule has 2 unspecified atom stereocenters. The Bertz CT molecular complexity index is 447. The second-order valence-corrected chi connectivity index (χ2v) is 6.37. The number of aromatic nitrogens is 2. The summed E-state index contributed by atoms with van der Waals surface area (Å²) in [5, 5.41) is 18.4. The number of rotatable bonds is 7. The summed E-state index contributed by atoms with van der Waals surface area (Å²) in [6.45, 7) is 7.06. The number of nitrogens with one attached hydrogen (secondary N) is 1. The van der Waals surface area contributed by atoms with Gasteiger partial charge in [0, 0.05) is 19.7 Å². The topological polar surface area (TPSA) is 50.1 Å². The van der Waals surface area contributed by atoms with Crippen molar-refractivity contribution >= 4 is 11.6 Å². The van der Waals surface area contributed by atoms with Crippen molar-refractivity contribution in [2.24, 2.45) is 11.8 Å². The number of hydrogen-bond donors (Lipinski definition) is 2. The molecule has 1 aromatic rings. The van der Waals surface area contributed by atoms with Crippen LogP contribution < -0.4 is 5.32 Å². The quantitative estimate of drug-likeness (QED) is 0.813. The van der Waals surface area contributed by atoms with Crippen molar-refractivity contribution < 1.29 is 5.11 Å². The minimum Gasteiger partial charge on any atom is -0.396 e. The zero-order chi connectivity index (χ0) is 15.2. The third kappa shape index (κ3) is 3.99. The molecule has 1 fully saturated rings. The van der Waals surface area contributed by atoms with Gasteiger partial charge in [-0.2, -0.15) is 5.10 Å².